The average molecular weight is 395 g/mol. The first-order valence-electron chi connectivity index (χ1n) is 9.45. The van der Waals surface area contributed by atoms with Gasteiger partial charge in [-0.05, 0) is 18.7 Å². The Labute approximate surface area is 169 Å². The number of nitrogens with zero attached hydrogens (tertiary/aromatic N) is 3. The fourth-order valence-electron chi connectivity index (χ4n) is 3.43. The average Bonchev–Trinajstić information content (AvgIpc) is 2.70. The molecule has 2 aromatic carbocycles. The lowest BCUT2D eigenvalue weighted by Crippen LogP contribution is -2.43. The minimum absolute atomic E-state index is 0.193. The lowest BCUT2D eigenvalue weighted by Gasteiger charge is -2.32. The van der Waals surface area contributed by atoms with E-state index in [0.29, 0.717) is 16.5 Å². The van der Waals surface area contributed by atoms with E-state index in [1.807, 2.05) is 30.3 Å². The molecule has 3 aromatic rings. The third-order valence-electron chi connectivity index (χ3n) is 5.12. The summed E-state index contributed by atoms with van der Waals surface area (Å²) in [6, 6.07) is 17.1. The molecule has 0 unspecified atom stereocenters. The molecular formula is C22H23ClN4O. The second kappa shape index (κ2) is 8.27. The van der Waals surface area contributed by atoms with Crippen LogP contribution in [-0.4, -0.2) is 53.0 Å². The number of H-pyrrole nitrogens is 1. The Bertz CT molecular complexity index is 1010. The van der Waals surface area contributed by atoms with Gasteiger partial charge < -0.3 is 9.88 Å². The van der Waals surface area contributed by atoms with E-state index in [1.165, 1.54) is 11.6 Å². The summed E-state index contributed by atoms with van der Waals surface area (Å²) in [5.74, 6) is 0.550. The second-order valence-corrected chi connectivity index (χ2v) is 7.64. The monoisotopic (exact) mass is 394 g/mol. The maximum Gasteiger partial charge on any atom is 0.251 e. The van der Waals surface area contributed by atoms with Crippen molar-refractivity contribution in [2.24, 2.45) is 0 Å². The summed E-state index contributed by atoms with van der Waals surface area (Å²) in [7, 11) is 2.16. The van der Waals surface area contributed by atoms with Gasteiger partial charge in [-0.1, -0.05) is 54.1 Å². The lowest BCUT2D eigenvalue weighted by molar-refractivity contribution is 0.148. The smallest absolute Gasteiger partial charge is 0.251 e. The highest BCUT2D eigenvalue weighted by Crippen LogP contribution is 2.26. The van der Waals surface area contributed by atoms with Crippen molar-refractivity contribution in [3.05, 3.63) is 75.5 Å². The molecule has 0 amide bonds. The molecule has 0 radical (unpaired) electrons. The fourth-order valence-corrected chi connectivity index (χ4v) is 3.67. The number of benzene rings is 2. The van der Waals surface area contributed by atoms with Gasteiger partial charge in [-0.2, -0.15) is 0 Å². The van der Waals surface area contributed by atoms with E-state index in [-0.39, 0.29) is 5.56 Å². The molecule has 2 heterocycles. The molecule has 4 rings (SSSR count). The predicted molar refractivity (Wildman–Crippen MR) is 114 cm³/mol. The summed E-state index contributed by atoms with van der Waals surface area (Å²) in [5, 5.41) is 0.578. The number of halogens is 1. The predicted octanol–water partition coefficient (Wildman–Crippen LogP) is 3.50. The summed E-state index contributed by atoms with van der Waals surface area (Å²) in [5.41, 5.74) is 3.28. The Balaban J connectivity index is 1.56. The van der Waals surface area contributed by atoms with Crippen LogP contribution in [0, 0.1) is 0 Å². The van der Waals surface area contributed by atoms with Gasteiger partial charge in [0.15, 0.2) is 0 Å². The lowest BCUT2D eigenvalue weighted by atomic mass is 10.1. The Morgan fingerprint density at radius 1 is 1.04 bits per heavy atom. The Hall–Kier alpha value is -2.47. The van der Waals surface area contributed by atoms with Crippen molar-refractivity contribution in [2.75, 3.05) is 33.2 Å². The molecule has 5 nitrogen and oxygen atoms in total. The summed E-state index contributed by atoms with van der Waals surface area (Å²) in [4.78, 5) is 24.5. The van der Waals surface area contributed by atoms with Crippen molar-refractivity contribution in [1.29, 1.82) is 0 Å². The number of aromatic nitrogens is 2. The third kappa shape index (κ3) is 4.33. The molecule has 1 aromatic heterocycles. The van der Waals surface area contributed by atoms with Crippen LogP contribution < -0.4 is 5.56 Å². The van der Waals surface area contributed by atoms with Crippen molar-refractivity contribution < 1.29 is 0 Å². The fraction of sp³-hybridized carbons (Fsp3) is 0.273. The van der Waals surface area contributed by atoms with Crippen LogP contribution in [0.3, 0.4) is 0 Å². The number of rotatable bonds is 4. The zero-order chi connectivity index (χ0) is 19.5. The van der Waals surface area contributed by atoms with Crippen molar-refractivity contribution in [1.82, 2.24) is 19.8 Å². The van der Waals surface area contributed by atoms with Gasteiger partial charge in [0.05, 0.1) is 5.69 Å². The van der Waals surface area contributed by atoms with Gasteiger partial charge in [0, 0.05) is 54.9 Å². The van der Waals surface area contributed by atoms with E-state index in [2.05, 4.69) is 38.9 Å². The van der Waals surface area contributed by atoms with E-state index in [4.69, 9.17) is 11.6 Å². The highest BCUT2D eigenvalue weighted by molar-refractivity contribution is 6.33. The van der Waals surface area contributed by atoms with Gasteiger partial charge in [0.25, 0.3) is 5.56 Å². The minimum atomic E-state index is -0.193. The zero-order valence-corrected chi connectivity index (χ0v) is 16.6. The van der Waals surface area contributed by atoms with Crippen LogP contribution >= 0.6 is 11.6 Å². The summed E-state index contributed by atoms with van der Waals surface area (Å²) >= 11 is 6.27. The number of likely N-dealkylation sites (N-methyl/N-ethyl adjacent to an activating group) is 1. The molecule has 1 N–H and O–H groups in total. The quantitative estimate of drug-likeness (QED) is 0.735. The largest absolute Gasteiger partial charge is 0.306 e. The Morgan fingerprint density at radius 2 is 1.75 bits per heavy atom. The van der Waals surface area contributed by atoms with E-state index in [9.17, 15) is 4.79 Å². The molecule has 0 saturated carbocycles. The summed E-state index contributed by atoms with van der Waals surface area (Å²) in [6.45, 7) is 5.34. The first-order valence-corrected chi connectivity index (χ1v) is 9.83. The highest BCUT2D eigenvalue weighted by atomic mass is 35.5. The molecule has 0 atom stereocenters. The van der Waals surface area contributed by atoms with Crippen LogP contribution in [-0.2, 0) is 6.54 Å². The van der Waals surface area contributed by atoms with Crippen LogP contribution in [0.1, 0.15) is 5.56 Å². The Kier molecular flexibility index (Phi) is 5.57. The Morgan fingerprint density at radius 3 is 2.46 bits per heavy atom. The van der Waals surface area contributed by atoms with E-state index >= 15 is 0 Å². The van der Waals surface area contributed by atoms with Gasteiger partial charge in [0.2, 0.25) is 0 Å². The van der Waals surface area contributed by atoms with Crippen LogP contribution in [0.2, 0.25) is 5.02 Å². The van der Waals surface area contributed by atoms with Crippen LogP contribution in [0.4, 0.5) is 0 Å². The number of hydrogen-bond donors (Lipinski definition) is 1. The van der Waals surface area contributed by atoms with Gasteiger partial charge in [0.1, 0.15) is 5.82 Å². The van der Waals surface area contributed by atoms with E-state index < -0.39 is 0 Å². The first-order chi connectivity index (χ1) is 13.6. The van der Waals surface area contributed by atoms with Crippen molar-refractivity contribution in [2.45, 2.75) is 6.54 Å². The van der Waals surface area contributed by atoms with Crippen molar-refractivity contribution in [3.8, 4) is 22.6 Å². The van der Waals surface area contributed by atoms with Gasteiger partial charge in [-0.25, -0.2) is 4.98 Å². The second-order valence-electron chi connectivity index (χ2n) is 7.24. The molecule has 1 aliphatic rings. The maximum absolute atomic E-state index is 12.2. The zero-order valence-electron chi connectivity index (χ0n) is 15.9. The molecule has 144 valence electrons. The summed E-state index contributed by atoms with van der Waals surface area (Å²) < 4.78 is 0. The molecular weight excluding hydrogens is 372 g/mol. The molecule has 28 heavy (non-hydrogen) atoms. The molecule has 1 saturated heterocycles. The highest BCUT2D eigenvalue weighted by Gasteiger charge is 2.14. The van der Waals surface area contributed by atoms with Crippen LogP contribution in [0.25, 0.3) is 22.6 Å². The number of piperazine rings is 1. The molecule has 0 spiro atoms. The van der Waals surface area contributed by atoms with Gasteiger partial charge in [-0.15, -0.1) is 0 Å². The number of nitrogens with one attached hydrogen (secondary N) is 1. The van der Waals surface area contributed by atoms with Gasteiger partial charge in [-0.3, -0.25) is 9.69 Å². The maximum atomic E-state index is 12.2. The number of hydrogen-bond acceptors (Lipinski definition) is 4. The molecule has 1 fully saturated rings. The van der Waals surface area contributed by atoms with Crippen LogP contribution in [0.15, 0.2) is 59.4 Å². The minimum Gasteiger partial charge on any atom is -0.306 e. The third-order valence-corrected chi connectivity index (χ3v) is 5.45. The van der Waals surface area contributed by atoms with Gasteiger partial charge >= 0.3 is 0 Å². The SMILES string of the molecule is CN1CCN(Cc2ccc(-c3nc(-c4ccccc4Cl)cc(=O)[nH]3)cc2)CC1. The topological polar surface area (TPSA) is 52.2 Å². The number of aromatic amines is 1. The molecule has 6 heteroatoms. The normalized spacial score (nSPS) is 15.6. The van der Waals surface area contributed by atoms with E-state index in [0.717, 1.165) is 43.9 Å². The van der Waals surface area contributed by atoms with Crippen molar-refractivity contribution >= 4 is 11.6 Å². The first kappa shape index (κ1) is 18.9. The van der Waals surface area contributed by atoms with Crippen LogP contribution in [0.5, 0.6) is 0 Å². The molecule has 0 aliphatic carbocycles. The molecule has 1 aliphatic heterocycles. The standard InChI is InChI=1S/C22H23ClN4O/c1-26-10-12-27(13-11-26)15-16-6-8-17(9-7-16)22-24-20(14-21(28)25-22)18-4-2-3-5-19(18)23/h2-9,14H,10-13,15H2,1H3,(H,24,25,28). The summed E-state index contributed by atoms with van der Waals surface area (Å²) in [6.07, 6.45) is 0. The molecule has 0 bridgehead atoms. The van der Waals surface area contributed by atoms with E-state index in [1.54, 1.807) is 6.07 Å². The van der Waals surface area contributed by atoms with Crippen molar-refractivity contribution in [3.63, 3.8) is 0 Å².